The zero-order valence-electron chi connectivity index (χ0n) is 11.6. The van der Waals surface area contributed by atoms with Crippen molar-refractivity contribution in [3.63, 3.8) is 0 Å². The van der Waals surface area contributed by atoms with E-state index in [1.807, 2.05) is 30.5 Å². The lowest BCUT2D eigenvalue weighted by Gasteiger charge is -2.41. The predicted octanol–water partition coefficient (Wildman–Crippen LogP) is 4.02. The second-order valence-corrected chi connectivity index (χ2v) is 6.15. The molecule has 0 spiro atoms. The van der Waals surface area contributed by atoms with Crippen molar-refractivity contribution < 1.29 is 9.90 Å². The maximum absolute atomic E-state index is 12.0. The number of hydrogen-bond donors (Lipinski definition) is 1. The zero-order chi connectivity index (χ0) is 14.0. The van der Waals surface area contributed by atoms with Gasteiger partial charge in [-0.1, -0.05) is 56.7 Å². The van der Waals surface area contributed by atoms with E-state index in [0.717, 1.165) is 17.5 Å². The van der Waals surface area contributed by atoms with E-state index in [9.17, 15) is 9.90 Å². The first-order valence-corrected chi connectivity index (χ1v) is 7.86. The Kier molecular flexibility index (Phi) is 4.04. The molecule has 1 aliphatic carbocycles. The summed E-state index contributed by atoms with van der Waals surface area (Å²) in [6.07, 6.45) is 7.04. The lowest BCUT2D eigenvalue weighted by Crippen LogP contribution is -2.43. The third-order valence-electron chi connectivity index (χ3n) is 4.21. The molecule has 0 aromatic heterocycles. The Morgan fingerprint density at radius 3 is 2.74 bits per heavy atom. The molecule has 3 atom stereocenters. The quantitative estimate of drug-likeness (QED) is 0.902. The lowest BCUT2D eigenvalue weighted by atomic mass is 9.72. The average molecular weight is 276 g/mol. The summed E-state index contributed by atoms with van der Waals surface area (Å²) >= 11 is 1.44. The number of allylic oxidation sites excluding steroid dienone is 1. The Morgan fingerprint density at radius 1 is 1.47 bits per heavy atom. The van der Waals surface area contributed by atoms with Crippen LogP contribution in [0.1, 0.15) is 31.4 Å². The monoisotopic (exact) mass is 276 g/mol. The summed E-state index contributed by atoms with van der Waals surface area (Å²) < 4.78 is -0.860. The minimum Gasteiger partial charge on any atom is -0.480 e. The SMILES string of the molecule is CC[C@@H](C)[C@H]1C=Cc2ccccc2[C@@]1(SC)C(=O)O. The van der Waals surface area contributed by atoms with Gasteiger partial charge in [0.15, 0.2) is 0 Å². The standard InChI is InChI=1S/C16H20O2S/c1-4-11(2)13-10-9-12-7-5-6-8-14(12)16(13,19-3)15(17)18/h5-11,13H,4H2,1-3H3,(H,17,18)/t11-,13-,16-/m1/s1. The van der Waals surface area contributed by atoms with Crippen LogP contribution in [0.4, 0.5) is 0 Å². The molecular formula is C16H20O2S. The van der Waals surface area contributed by atoms with Gasteiger partial charge in [-0.15, -0.1) is 11.8 Å². The van der Waals surface area contributed by atoms with E-state index in [2.05, 4.69) is 26.0 Å². The lowest BCUT2D eigenvalue weighted by molar-refractivity contribution is -0.141. The van der Waals surface area contributed by atoms with Crippen LogP contribution in [0.5, 0.6) is 0 Å². The van der Waals surface area contributed by atoms with Crippen LogP contribution in [-0.4, -0.2) is 17.3 Å². The molecule has 1 N–H and O–H groups in total. The summed E-state index contributed by atoms with van der Waals surface area (Å²) in [6, 6.07) is 7.84. The summed E-state index contributed by atoms with van der Waals surface area (Å²) in [5, 5.41) is 9.90. The molecule has 1 aromatic carbocycles. The molecular weight excluding hydrogens is 256 g/mol. The summed E-state index contributed by atoms with van der Waals surface area (Å²) in [4.78, 5) is 12.0. The van der Waals surface area contributed by atoms with Gasteiger partial charge in [0.1, 0.15) is 4.75 Å². The molecule has 1 aliphatic rings. The van der Waals surface area contributed by atoms with Gasteiger partial charge in [-0.3, -0.25) is 4.79 Å². The van der Waals surface area contributed by atoms with E-state index < -0.39 is 10.7 Å². The topological polar surface area (TPSA) is 37.3 Å². The molecule has 0 bridgehead atoms. The number of fused-ring (bicyclic) bond motifs is 1. The molecule has 0 unspecified atom stereocenters. The van der Waals surface area contributed by atoms with Crippen LogP contribution in [0.2, 0.25) is 0 Å². The van der Waals surface area contributed by atoms with Crippen LogP contribution in [0.25, 0.3) is 6.08 Å². The van der Waals surface area contributed by atoms with E-state index in [4.69, 9.17) is 0 Å². The van der Waals surface area contributed by atoms with Crippen molar-refractivity contribution in [2.24, 2.45) is 11.8 Å². The van der Waals surface area contributed by atoms with Crippen LogP contribution in [-0.2, 0) is 9.54 Å². The van der Waals surface area contributed by atoms with Crippen LogP contribution in [0, 0.1) is 11.8 Å². The highest BCUT2D eigenvalue weighted by molar-refractivity contribution is 8.00. The van der Waals surface area contributed by atoms with E-state index in [1.165, 1.54) is 11.8 Å². The van der Waals surface area contributed by atoms with Gasteiger partial charge in [0, 0.05) is 5.92 Å². The van der Waals surface area contributed by atoms with E-state index in [-0.39, 0.29) is 5.92 Å². The second kappa shape index (κ2) is 5.41. The minimum absolute atomic E-state index is 0.0277. The summed E-state index contributed by atoms with van der Waals surface area (Å²) in [5.74, 6) is -0.366. The number of thioether (sulfide) groups is 1. The molecule has 0 fully saturated rings. The third-order valence-corrected chi connectivity index (χ3v) is 5.52. The Morgan fingerprint density at radius 2 is 2.16 bits per heavy atom. The smallest absolute Gasteiger partial charge is 0.324 e. The number of carboxylic acid groups (broad SMARTS) is 1. The second-order valence-electron chi connectivity index (χ2n) is 5.10. The minimum atomic E-state index is -0.860. The maximum atomic E-state index is 12.0. The first-order chi connectivity index (χ1) is 9.07. The molecule has 2 rings (SSSR count). The van der Waals surface area contributed by atoms with Gasteiger partial charge < -0.3 is 5.11 Å². The van der Waals surface area contributed by atoms with Crippen LogP contribution < -0.4 is 0 Å². The third kappa shape index (κ3) is 2.10. The number of rotatable bonds is 4. The van der Waals surface area contributed by atoms with E-state index in [0.29, 0.717) is 5.92 Å². The fraction of sp³-hybridized carbons (Fsp3) is 0.438. The highest BCUT2D eigenvalue weighted by Gasteiger charge is 2.50. The van der Waals surface area contributed by atoms with Crippen LogP contribution in [0.3, 0.4) is 0 Å². The Labute approximate surface area is 118 Å². The molecule has 0 aliphatic heterocycles. The Bertz CT molecular complexity index is 509. The Balaban J connectivity index is 2.65. The molecule has 0 heterocycles. The van der Waals surface area contributed by atoms with Crippen molar-refractivity contribution in [3.05, 3.63) is 41.5 Å². The number of benzene rings is 1. The van der Waals surface area contributed by atoms with Gasteiger partial charge in [0.2, 0.25) is 0 Å². The van der Waals surface area contributed by atoms with Crippen LogP contribution in [0.15, 0.2) is 30.3 Å². The number of hydrogen-bond acceptors (Lipinski definition) is 2. The molecule has 0 saturated carbocycles. The molecule has 19 heavy (non-hydrogen) atoms. The van der Waals surface area contributed by atoms with Gasteiger partial charge >= 0.3 is 5.97 Å². The number of carboxylic acids is 1. The van der Waals surface area contributed by atoms with Crippen molar-refractivity contribution in [3.8, 4) is 0 Å². The van der Waals surface area contributed by atoms with Crippen molar-refractivity contribution >= 4 is 23.8 Å². The maximum Gasteiger partial charge on any atom is 0.324 e. The van der Waals surface area contributed by atoms with Crippen LogP contribution >= 0.6 is 11.8 Å². The summed E-state index contributed by atoms with van der Waals surface area (Å²) in [6.45, 7) is 4.25. The first-order valence-electron chi connectivity index (χ1n) is 6.64. The van der Waals surface area contributed by atoms with Gasteiger partial charge in [-0.25, -0.2) is 0 Å². The molecule has 1 aromatic rings. The average Bonchev–Trinajstić information content (AvgIpc) is 2.44. The van der Waals surface area contributed by atoms with E-state index in [1.54, 1.807) is 0 Å². The normalized spacial score (nSPS) is 26.8. The van der Waals surface area contributed by atoms with Crippen molar-refractivity contribution in [1.82, 2.24) is 0 Å². The molecule has 0 radical (unpaired) electrons. The molecule has 0 saturated heterocycles. The number of carbonyl (C=O) groups is 1. The van der Waals surface area contributed by atoms with Gasteiger partial charge in [0.25, 0.3) is 0 Å². The Hall–Kier alpha value is -1.22. The first kappa shape index (κ1) is 14.2. The molecule has 2 nitrogen and oxygen atoms in total. The largest absolute Gasteiger partial charge is 0.480 e. The highest BCUT2D eigenvalue weighted by Crippen LogP contribution is 2.50. The van der Waals surface area contributed by atoms with Crippen molar-refractivity contribution in [2.45, 2.75) is 25.0 Å². The molecule has 102 valence electrons. The van der Waals surface area contributed by atoms with Gasteiger partial charge in [-0.05, 0) is 23.3 Å². The zero-order valence-corrected chi connectivity index (χ0v) is 12.4. The van der Waals surface area contributed by atoms with Crippen molar-refractivity contribution in [1.29, 1.82) is 0 Å². The highest BCUT2D eigenvalue weighted by atomic mass is 32.2. The van der Waals surface area contributed by atoms with Crippen molar-refractivity contribution in [2.75, 3.05) is 6.26 Å². The van der Waals surface area contributed by atoms with Gasteiger partial charge in [0.05, 0.1) is 0 Å². The fourth-order valence-corrected chi connectivity index (χ4v) is 4.10. The van der Waals surface area contributed by atoms with E-state index >= 15 is 0 Å². The molecule has 0 amide bonds. The molecule has 3 heteroatoms. The number of aliphatic carboxylic acids is 1. The van der Waals surface area contributed by atoms with Gasteiger partial charge in [-0.2, -0.15) is 0 Å². The predicted molar refractivity (Wildman–Crippen MR) is 81.2 cm³/mol. The summed E-state index contributed by atoms with van der Waals surface area (Å²) in [7, 11) is 0. The fourth-order valence-electron chi connectivity index (χ4n) is 2.94. The summed E-state index contributed by atoms with van der Waals surface area (Å²) in [5.41, 5.74) is 1.96.